The zero-order valence-corrected chi connectivity index (χ0v) is 13.2. The maximum atomic E-state index is 12.3. The van der Waals surface area contributed by atoms with E-state index in [0.29, 0.717) is 23.8 Å². The quantitative estimate of drug-likeness (QED) is 0.863. The first kappa shape index (κ1) is 15.3. The third kappa shape index (κ3) is 4.18. The summed E-state index contributed by atoms with van der Waals surface area (Å²) in [6.07, 6.45) is 3.86. The summed E-state index contributed by atoms with van der Waals surface area (Å²) in [5.41, 5.74) is 0.568. The molecule has 2 heterocycles. The molecular weight excluding hydrogens is 322 g/mol. The van der Waals surface area contributed by atoms with Gasteiger partial charge in [-0.05, 0) is 47.7 Å². The van der Waals surface area contributed by atoms with Gasteiger partial charge in [-0.15, -0.1) is 0 Å². The van der Waals surface area contributed by atoms with Crippen LogP contribution in [0, 0.1) is 5.92 Å². The molecule has 0 aromatic carbocycles. The summed E-state index contributed by atoms with van der Waals surface area (Å²) < 4.78 is 6.21. The van der Waals surface area contributed by atoms with Gasteiger partial charge in [-0.1, -0.05) is 0 Å². The number of hydrogen-bond acceptors (Lipinski definition) is 4. The Morgan fingerprint density at radius 1 is 1.60 bits per heavy atom. The van der Waals surface area contributed by atoms with E-state index in [-0.39, 0.29) is 5.91 Å². The predicted octanol–water partition coefficient (Wildman–Crippen LogP) is 2.43. The van der Waals surface area contributed by atoms with Gasteiger partial charge in [0.05, 0.1) is 12.2 Å². The number of amides is 1. The van der Waals surface area contributed by atoms with Crippen molar-refractivity contribution in [3.05, 3.63) is 22.3 Å². The highest BCUT2D eigenvalue weighted by Crippen LogP contribution is 2.18. The normalized spacial score (nSPS) is 18.6. The number of nitrogens with zero attached hydrogens (tertiary/aromatic N) is 1. The number of aromatic nitrogens is 1. The SMILES string of the molecule is CCNc1ncc(Br)cc1C(=O)NCC1CCCOC1. The molecule has 6 heteroatoms. The lowest BCUT2D eigenvalue weighted by Gasteiger charge is -2.22. The molecule has 1 amide bonds. The van der Waals surface area contributed by atoms with Crippen molar-refractivity contribution in [2.24, 2.45) is 5.92 Å². The second kappa shape index (κ2) is 7.59. The van der Waals surface area contributed by atoms with Crippen LogP contribution < -0.4 is 10.6 Å². The third-order valence-corrected chi connectivity index (χ3v) is 3.68. The molecule has 0 spiro atoms. The number of rotatable bonds is 5. The lowest BCUT2D eigenvalue weighted by molar-refractivity contribution is 0.0536. The van der Waals surface area contributed by atoms with Crippen LogP contribution in [0.5, 0.6) is 0 Å². The number of carbonyl (C=O) groups excluding carboxylic acids is 1. The lowest BCUT2D eigenvalue weighted by Crippen LogP contribution is -2.33. The number of halogens is 1. The Hall–Kier alpha value is -1.14. The van der Waals surface area contributed by atoms with E-state index in [1.165, 1.54) is 0 Å². The topological polar surface area (TPSA) is 63.2 Å². The van der Waals surface area contributed by atoms with Crippen LogP contribution in [0.3, 0.4) is 0 Å². The number of anilines is 1. The van der Waals surface area contributed by atoms with Gasteiger partial charge in [0.15, 0.2) is 0 Å². The summed E-state index contributed by atoms with van der Waals surface area (Å²) in [5, 5.41) is 6.08. The Bertz CT molecular complexity index is 462. The van der Waals surface area contributed by atoms with Crippen LogP contribution in [-0.2, 0) is 4.74 Å². The standard InChI is InChI=1S/C14H20BrN3O2/c1-2-16-13-12(6-11(15)8-17-13)14(19)18-7-10-4-3-5-20-9-10/h6,8,10H,2-5,7,9H2,1H3,(H,16,17)(H,18,19). The zero-order chi connectivity index (χ0) is 14.4. The second-order valence-corrected chi connectivity index (χ2v) is 5.79. The molecule has 1 aliphatic rings. The summed E-state index contributed by atoms with van der Waals surface area (Å²) >= 11 is 3.35. The highest BCUT2D eigenvalue weighted by Gasteiger charge is 2.17. The highest BCUT2D eigenvalue weighted by atomic mass is 79.9. The van der Waals surface area contributed by atoms with Crippen molar-refractivity contribution in [3.8, 4) is 0 Å². The minimum Gasteiger partial charge on any atom is -0.381 e. The summed E-state index contributed by atoms with van der Waals surface area (Å²) in [5.74, 6) is 0.934. The van der Waals surface area contributed by atoms with Crippen LogP contribution in [-0.4, -0.2) is 37.2 Å². The average Bonchev–Trinajstić information content (AvgIpc) is 2.48. The molecule has 1 atom stereocenters. The monoisotopic (exact) mass is 341 g/mol. The summed E-state index contributed by atoms with van der Waals surface area (Å²) in [6.45, 7) is 4.93. The van der Waals surface area contributed by atoms with Gasteiger partial charge in [-0.3, -0.25) is 4.79 Å². The molecule has 0 saturated carbocycles. The maximum absolute atomic E-state index is 12.3. The van der Waals surface area contributed by atoms with Gasteiger partial charge >= 0.3 is 0 Å². The molecule has 0 aliphatic carbocycles. The molecule has 0 bridgehead atoms. The first-order chi connectivity index (χ1) is 9.70. The first-order valence-corrected chi connectivity index (χ1v) is 7.75. The smallest absolute Gasteiger partial charge is 0.255 e. The number of ether oxygens (including phenoxy) is 1. The fourth-order valence-electron chi connectivity index (χ4n) is 2.22. The van der Waals surface area contributed by atoms with E-state index < -0.39 is 0 Å². The van der Waals surface area contributed by atoms with Crippen molar-refractivity contribution in [2.75, 3.05) is 31.6 Å². The molecule has 1 unspecified atom stereocenters. The van der Waals surface area contributed by atoms with Gasteiger partial charge < -0.3 is 15.4 Å². The van der Waals surface area contributed by atoms with Crippen LogP contribution in [0.25, 0.3) is 0 Å². The average molecular weight is 342 g/mol. The largest absolute Gasteiger partial charge is 0.381 e. The molecule has 110 valence electrons. The van der Waals surface area contributed by atoms with Crippen molar-refractivity contribution in [2.45, 2.75) is 19.8 Å². The molecule has 2 rings (SSSR count). The van der Waals surface area contributed by atoms with Crippen molar-refractivity contribution < 1.29 is 9.53 Å². The second-order valence-electron chi connectivity index (χ2n) is 4.87. The Morgan fingerprint density at radius 3 is 3.15 bits per heavy atom. The third-order valence-electron chi connectivity index (χ3n) is 3.25. The summed E-state index contributed by atoms with van der Waals surface area (Å²) in [6, 6.07) is 1.79. The molecule has 2 N–H and O–H groups in total. The van der Waals surface area contributed by atoms with Crippen molar-refractivity contribution in [1.82, 2.24) is 10.3 Å². The first-order valence-electron chi connectivity index (χ1n) is 6.96. The van der Waals surface area contributed by atoms with Crippen LogP contribution in [0.1, 0.15) is 30.1 Å². The number of nitrogens with one attached hydrogen (secondary N) is 2. The molecule has 5 nitrogen and oxygen atoms in total. The van der Waals surface area contributed by atoms with Gasteiger partial charge in [0, 0.05) is 30.4 Å². The van der Waals surface area contributed by atoms with Gasteiger partial charge in [0.1, 0.15) is 5.82 Å². The van der Waals surface area contributed by atoms with E-state index in [9.17, 15) is 4.79 Å². The van der Waals surface area contributed by atoms with Gasteiger partial charge in [-0.25, -0.2) is 4.98 Å². The molecule has 1 aromatic heterocycles. The van der Waals surface area contributed by atoms with Crippen LogP contribution in [0.2, 0.25) is 0 Å². The fourth-order valence-corrected chi connectivity index (χ4v) is 2.55. The van der Waals surface area contributed by atoms with E-state index in [1.54, 1.807) is 12.3 Å². The molecule has 1 aliphatic heterocycles. The van der Waals surface area contributed by atoms with E-state index in [4.69, 9.17) is 4.74 Å². The van der Waals surface area contributed by atoms with Gasteiger partial charge in [0.25, 0.3) is 5.91 Å². The van der Waals surface area contributed by atoms with E-state index in [0.717, 1.165) is 37.1 Å². The fraction of sp³-hybridized carbons (Fsp3) is 0.571. The summed E-state index contributed by atoms with van der Waals surface area (Å²) in [4.78, 5) is 16.5. The van der Waals surface area contributed by atoms with Crippen molar-refractivity contribution in [3.63, 3.8) is 0 Å². The Balaban J connectivity index is 1.98. The van der Waals surface area contributed by atoms with Crippen LogP contribution in [0.15, 0.2) is 16.7 Å². The lowest BCUT2D eigenvalue weighted by atomic mass is 10.0. The van der Waals surface area contributed by atoms with Crippen LogP contribution in [0.4, 0.5) is 5.82 Å². The molecule has 1 aromatic rings. The highest BCUT2D eigenvalue weighted by molar-refractivity contribution is 9.10. The van der Waals surface area contributed by atoms with E-state index in [2.05, 4.69) is 31.5 Å². The van der Waals surface area contributed by atoms with Gasteiger partial charge in [-0.2, -0.15) is 0 Å². The molecule has 1 fully saturated rings. The molecular formula is C14H20BrN3O2. The Morgan fingerprint density at radius 2 is 2.45 bits per heavy atom. The minimum absolute atomic E-state index is 0.0969. The number of hydrogen-bond donors (Lipinski definition) is 2. The molecule has 1 saturated heterocycles. The minimum atomic E-state index is -0.0969. The Kier molecular flexibility index (Phi) is 5.79. The predicted molar refractivity (Wildman–Crippen MR) is 82.0 cm³/mol. The number of pyridine rings is 1. The van der Waals surface area contributed by atoms with Crippen LogP contribution >= 0.6 is 15.9 Å². The zero-order valence-electron chi connectivity index (χ0n) is 11.6. The van der Waals surface area contributed by atoms with E-state index >= 15 is 0 Å². The maximum Gasteiger partial charge on any atom is 0.255 e. The molecule has 0 radical (unpaired) electrons. The van der Waals surface area contributed by atoms with E-state index in [1.807, 2.05) is 6.92 Å². The van der Waals surface area contributed by atoms with Crippen molar-refractivity contribution >= 4 is 27.7 Å². The van der Waals surface area contributed by atoms with Crippen molar-refractivity contribution in [1.29, 1.82) is 0 Å². The molecule has 20 heavy (non-hydrogen) atoms. The summed E-state index contributed by atoms with van der Waals surface area (Å²) in [7, 11) is 0. The van der Waals surface area contributed by atoms with Gasteiger partial charge in [0.2, 0.25) is 0 Å². The Labute approximate surface area is 127 Å². The number of carbonyl (C=O) groups is 1.